The molecule has 4 rings (SSSR count). The number of amides is 1. The summed E-state index contributed by atoms with van der Waals surface area (Å²) in [6, 6.07) is 22.1. The third-order valence-corrected chi connectivity index (χ3v) is 5.65. The Bertz CT molecular complexity index is 1110. The van der Waals surface area contributed by atoms with Crippen LogP contribution >= 0.6 is 0 Å². The summed E-state index contributed by atoms with van der Waals surface area (Å²) >= 11 is 0. The maximum atomic E-state index is 14.4. The van der Waals surface area contributed by atoms with Crippen LogP contribution in [0.1, 0.15) is 17.3 Å². The highest BCUT2D eigenvalue weighted by Crippen LogP contribution is 2.29. The normalized spacial score (nSPS) is 13.7. The van der Waals surface area contributed by atoms with Crippen LogP contribution in [0.25, 0.3) is 11.1 Å². The van der Waals surface area contributed by atoms with Gasteiger partial charge in [0.25, 0.3) is 5.91 Å². The Labute approximate surface area is 187 Å². The van der Waals surface area contributed by atoms with Crippen molar-refractivity contribution in [3.05, 3.63) is 84.2 Å². The van der Waals surface area contributed by atoms with Crippen molar-refractivity contribution in [3.63, 3.8) is 0 Å². The van der Waals surface area contributed by atoms with Gasteiger partial charge in [0.1, 0.15) is 11.6 Å². The lowest BCUT2D eigenvalue weighted by Gasteiger charge is -2.36. The zero-order valence-corrected chi connectivity index (χ0v) is 18.0. The molecule has 1 heterocycles. The van der Waals surface area contributed by atoms with E-state index >= 15 is 0 Å². The number of carbonyl (C=O) groups excluding carboxylic acids is 2. The molecular formula is C26H25FN2O3. The molecule has 3 aromatic rings. The molecule has 5 nitrogen and oxygen atoms in total. The molecule has 164 valence electrons. The Hall–Kier alpha value is -3.67. The molecule has 0 aromatic heterocycles. The number of ketones is 1. The fraction of sp³-hybridized carbons (Fsp3) is 0.231. The Morgan fingerprint density at radius 2 is 1.59 bits per heavy atom. The Morgan fingerprint density at radius 1 is 0.906 bits per heavy atom. The highest BCUT2D eigenvalue weighted by molar-refractivity contribution is 5.94. The average Bonchev–Trinajstić information content (AvgIpc) is 2.83. The summed E-state index contributed by atoms with van der Waals surface area (Å²) in [6.45, 7) is 3.36. The smallest absolute Gasteiger partial charge is 0.260 e. The van der Waals surface area contributed by atoms with E-state index in [-0.39, 0.29) is 18.3 Å². The van der Waals surface area contributed by atoms with E-state index in [1.54, 1.807) is 17.0 Å². The zero-order chi connectivity index (χ0) is 22.5. The third kappa shape index (κ3) is 4.80. The van der Waals surface area contributed by atoms with Crippen molar-refractivity contribution in [3.8, 4) is 16.9 Å². The van der Waals surface area contributed by atoms with Crippen LogP contribution in [0.4, 0.5) is 10.1 Å². The lowest BCUT2D eigenvalue weighted by Crippen LogP contribution is -2.50. The number of hydrogen-bond donors (Lipinski definition) is 0. The lowest BCUT2D eigenvalue weighted by molar-refractivity contribution is -0.133. The van der Waals surface area contributed by atoms with E-state index in [1.807, 2.05) is 59.5 Å². The minimum absolute atomic E-state index is 0.0501. The Balaban J connectivity index is 1.35. The molecule has 1 aliphatic heterocycles. The van der Waals surface area contributed by atoms with Crippen molar-refractivity contribution in [1.29, 1.82) is 0 Å². The molecule has 0 saturated carbocycles. The van der Waals surface area contributed by atoms with Gasteiger partial charge in [0.05, 0.1) is 5.69 Å². The summed E-state index contributed by atoms with van der Waals surface area (Å²) in [7, 11) is 0. The van der Waals surface area contributed by atoms with Gasteiger partial charge in [0.2, 0.25) is 0 Å². The maximum Gasteiger partial charge on any atom is 0.260 e. The van der Waals surface area contributed by atoms with Gasteiger partial charge in [0.15, 0.2) is 12.4 Å². The molecule has 6 heteroatoms. The second-order valence-electron chi connectivity index (χ2n) is 7.74. The van der Waals surface area contributed by atoms with E-state index in [9.17, 15) is 14.0 Å². The third-order valence-electron chi connectivity index (χ3n) is 5.65. The van der Waals surface area contributed by atoms with Crippen LogP contribution in [0.2, 0.25) is 0 Å². The van der Waals surface area contributed by atoms with E-state index < -0.39 is 5.82 Å². The van der Waals surface area contributed by atoms with Crippen LogP contribution < -0.4 is 9.64 Å². The van der Waals surface area contributed by atoms with Gasteiger partial charge in [-0.3, -0.25) is 9.59 Å². The first kappa shape index (κ1) is 21.6. The predicted octanol–water partition coefficient (Wildman–Crippen LogP) is 4.42. The van der Waals surface area contributed by atoms with Crippen molar-refractivity contribution in [2.24, 2.45) is 0 Å². The number of ether oxygens (including phenoxy) is 1. The molecule has 1 fully saturated rings. The second-order valence-corrected chi connectivity index (χ2v) is 7.74. The number of rotatable bonds is 6. The number of carbonyl (C=O) groups is 2. The van der Waals surface area contributed by atoms with Gasteiger partial charge in [-0.25, -0.2) is 4.39 Å². The molecule has 0 aliphatic carbocycles. The first-order chi connectivity index (χ1) is 15.5. The van der Waals surface area contributed by atoms with E-state index in [0.29, 0.717) is 43.2 Å². The van der Waals surface area contributed by atoms with Crippen molar-refractivity contribution in [2.45, 2.75) is 6.92 Å². The average molecular weight is 432 g/mol. The number of piperazine rings is 1. The molecule has 0 bridgehead atoms. The van der Waals surface area contributed by atoms with Gasteiger partial charge in [-0.2, -0.15) is 0 Å². The number of hydrogen-bond acceptors (Lipinski definition) is 4. The van der Waals surface area contributed by atoms with Crippen LogP contribution in [-0.2, 0) is 4.79 Å². The summed E-state index contributed by atoms with van der Waals surface area (Å²) in [5, 5.41) is 0. The summed E-state index contributed by atoms with van der Waals surface area (Å²) in [4.78, 5) is 27.8. The molecule has 1 aliphatic rings. The van der Waals surface area contributed by atoms with Crippen molar-refractivity contribution >= 4 is 17.4 Å². The van der Waals surface area contributed by atoms with Crippen LogP contribution in [0.15, 0.2) is 72.8 Å². The second kappa shape index (κ2) is 9.64. The zero-order valence-electron chi connectivity index (χ0n) is 18.0. The monoisotopic (exact) mass is 432 g/mol. The van der Waals surface area contributed by atoms with Gasteiger partial charge < -0.3 is 14.5 Å². The van der Waals surface area contributed by atoms with Gasteiger partial charge in [0, 0.05) is 37.3 Å². The molecule has 1 saturated heterocycles. The first-order valence-corrected chi connectivity index (χ1v) is 10.6. The molecule has 0 N–H and O–H groups in total. The number of nitrogens with zero attached hydrogens (tertiary/aromatic N) is 2. The molecule has 0 unspecified atom stereocenters. The fourth-order valence-electron chi connectivity index (χ4n) is 3.86. The predicted molar refractivity (Wildman–Crippen MR) is 123 cm³/mol. The number of Topliss-reactive ketones (excluding diaryl/α,β-unsaturated/α-hetero) is 1. The van der Waals surface area contributed by atoms with Crippen molar-refractivity contribution in [2.75, 3.05) is 37.7 Å². The van der Waals surface area contributed by atoms with E-state index in [1.165, 1.54) is 13.0 Å². The van der Waals surface area contributed by atoms with Gasteiger partial charge in [-0.05, 0) is 36.8 Å². The summed E-state index contributed by atoms with van der Waals surface area (Å²) in [5.74, 6) is -0.0173. The van der Waals surface area contributed by atoms with Crippen molar-refractivity contribution < 1.29 is 18.7 Å². The minimum atomic E-state index is -0.418. The summed E-state index contributed by atoms with van der Waals surface area (Å²) in [5.41, 5.74) is 2.78. The van der Waals surface area contributed by atoms with Crippen molar-refractivity contribution in [1.82, 2.24) is 4.90 Å². The Morgan fingerprint density at radius 3 is 2.28 bits per heavy atom. The standard InChI is InChI=1S/C26H25FN2O3/c1-19(30)21-11-12-24(23(27)17-21)28-13-15-29(16-14-28)26(31)18-32-25-10-6-5-9-22(25)20-7-3-2-4-8-20/h2-12,17H,13-16,18H2,1H3. The van der Waals surface area contributed by atoms with Gasteiger partial charge in [-0.1, -0.05) is 48.5 Å². The molecule has 0 atom stereocenters. The number of halogens is 1. The van der Waals surface area contributed by atoms with E-state index in [4.69, 9.17) is 4.74 Å². The fourth-order valence-corrected chi connectivity index (χ4v) is 3.86. The highest BCUT2D eigenvalue weighted by Gasteiger charge is 2.23. The van der Waals surface area contributed by atoms with Gasteiger partial charge >= 0.3 is 0 Å². The Kier molecular flexibility index (Phi) is 6.50. The highest BCUT2D eigenvalue weighted by atomic mass is 19.1. The number of para-hydroxylation sites is 1. The lowest BCUT2D eigenvalue weighted by atomic mass is 10.1. The van der Waals surface area contributed by atoms with E-state index in [2.05, 4.69) is 0 Å². The number of benzene rings is 3. The maximum absolute atomic E-state index is 14.4. The molecular weight excluding hydrogens is 407 g/mol. The minimum Gasteiger partial charge on any atom is -0.483 e. The van der Waals surface area contributed by atoms with Gasteiger partial charge in [-0.15, -0.1) is 0 Å². The van der Waals surface area contributed by atoms with Crippen LogP contribution in [0.5, 0.6) is 5.75 Å². The molecule has 1 amide bonds. The van der Waals surface area contributed by atoms with Crippen LogP contribution in [0, 0.1) is 5.82 Å². The molecule has 32 heavy (non-hydrogen) atoms. The largest absolute Gasteiger partial charge is 0.483 e. The topological polar surface area (TPSA) is 49.9 Å². The first-order valence-electron chi connectivity index (χ1n) is 10.6. The quantitative estimate of drug-likeness (QED) is 0.541. The summed E-state index contributed by atoms with van der Waals surface area (Å²) < 4.78 is 20.3. The van der Waals surface area contributed by atoms with Crippen LogP contribution in [0.3, 0.4) is 0 Å². The number of anilines is 1. The molecule has 3 aromatic carbocycles. The molecule has 0 spiro atoms. The van der Waals surface area contributed by atoms with Crippen LogP contribution in [-0.4, -0.2) is 49.4 Å². The summed E-state index contributed by atoms with van der Waals surface area (Å²) in [6.07, 6.45) is 0. The van der Waals surface area contributed by atoms with E-state index in [0.717, 1.165) is 11.1 Å². The molecule has 0 radical (unpaired) electrons. The SMILES string of the molecule is CC(=O)c1ccc(N2CCN(C(=O)COc3ccccc3-c3ccccc3)CC2)c(F)c1.